The number of rotatable bonds is 8. The van der Waals surface area contributed by atoms with Crippen LogP contribution in [0.3, 0.4) is 0 Å². The standard InChI is InChI=1S/C16H34N2/c1-5-11-17-13-16(4,7-3)14-18-12-9-8-10-15(18)6-2/h15,17H,5-14H2,1-4H3. The van der Waals surface area contributed by atoms with Crippen LogP contribution in [0, 0.1) is 5.41 Å². The Hall–Kier alpha value is -0.0800. The van der Waals surface area contributed by atoms with Crippen LogP contribution in [0.25, 0.3) is 0 Å². The minimum absolute atomic E-state index is 0.444. The first-order valence-corrected chi connectivity index (χ1v) is 8.10. The topological polar surface area (TPSA) is 15.3 Å². The molecule has 1 rings (SSSR count). The molecule has 18 heavy (non-hydrogen) atoms. The molecule has 108 valence electrons. The van der Waals surface area contributed by atoms with Crippen molar-refractivity contribution in [1.82, 2.24) is 10.2 Å². The van der Waals surface area contributed by atoms with Crippen LogP contribution < -0.4 is 5.32 Å². The molecule has 0 aromatic carbocycles. The molecule has 0 saturated carbocycles. The summed E-state index contributed by atoms with van der Waals surface area (Å²) in [5.74, 6) is 0. The molecule has 1 aliphatic rings. The fourth-order valence-electron chi connectivity index (χ4n) is 3.08. The lowest BCUT2D eigenvalue weighted by atomic mass is 9.85. The van der Waals surface area contributed by atoms with E-state index in [9.17, 15) is 0 Å². The summed E-state index contributed by atoms with van der Waals surface area (Å²) < 4.78 is 0. The van der Waals surface area contributed by atoms with Crippen LogP contribution in [0.15, 0.2) is 0 Å². The van der Waals surface area contributed by atoms with Crippen LogP contribution in [0.4, 0.5) is 0 Å². The number of hydrogen-bond donors (Lipinski definition) is 1. The zero-order valence-corrected chi connectivity index (χ0v) is 13.1. The summed E-state index contributed by atoms with van der Waals surface area (Å²) in [4.78, 5) is 2.76. The smallest absolute Gasteiger partial charge is 0.00928 e. The van der Waals surface area contributed by atoms with Crippen LogP contribution in [-0.2, 0) is 0 Å². The first-order valence-electron chi connectivity index (χ1n) is 8.10. The van der Waals surface area contributed by atoms with Crippen molar-refractivity contribution in [2.75, 3.05) is 26.2 Å². The second-order valence-corrected chi connectivity index (χ2v) is 6.37. The van der Waals surface area contributed by atoms with E-state index in [0.29, 0.717) is 5.41 Å². The van der Waals surface area contributed by atoms with Gasteiger partial charge in [0.1, 0.15) is 0 Å². The Morgan fingerprint density at radius 3 is 2.61 bits per heavy atom. The molecule has 0 spiro atoms. The SMILES string of the molecule is CCCNCC(C)(CC)CN1CCCCC1CC. The van der Waals surface area contributed by atoms with E-state index in [4.69, 9.17) is 0 Å². The maximum Gasteiger partial charge on any atom is 0.00928 e. The van der Waals surface area contributed by atoms with E-state index in [1.165, 1.54) is 58.2 Å². The lowest BCUT2D eigenvalue weighted by Crippen LogP contribution is -2.48. The molecule has 1 N–H and O–H groups in total. The van der Waals surface area contributed by atoms with Crippen molar-refractivity contribution in [3.63, 3.8) is 0 Å². The third-order valence-electron chi connectivity index (χ3n) is 4.64. The van der Waals surface area contributed by atoms with Gasteiger partial charge < -0.3 is 5.32 Å². The van der Waals surface area contributed by atoms with Gasteiger partial charge in [-0.2, -0.15) is 0 Å². The van der Waals surface area contributed by atoms with Gasteiger partial charge in [0.15, 0.2) is 0 Å². The fourth-order valence-corrected chi connectivity index (χ4v) is 3.08. The first-order chi connectivity index (χ1) is 8.65. The predicted molar refractivity (Wildman–Crippen MR) is 81.1 cm³/mol. The Morgan fingerprint density at radius 1 is 1.22 bits per heavy atom. The van der Waals surface area contributed by atoms with Crippen molar-refractivity contribution >= 4 is 0 Å². The van der Waals surface area contributed by atoms with Gasteiger partial charge in [0.25, 0.3) is 0 Å². The largest absolute Gasteiger partial charge is 0.316 e. The van der Waals surface area contributed by atoms with Gasteiger partial charge in [0.2, 0.25) is 0 Å². The van der Waals surface area contributed by atoms with Crippen molar-refractivity contribution in [2.24, 2.45) is 5.41 Å². The molecule has 2 unspecified atom stereocenters. The summed E-state index contributed by atoms with van der Waals surface area (Å²) in [5.41, 5.74) is 0.444. The van der Waals surface area contributed by atoms with E-state index in [2.05, 4.69) is 37.9 Å². The molecule has 0 aromatic rings. The van der Waals surface area contributed by atoms with Gasteiger partial charge in [-0.25, -0.2) is 0 Å². The maximum atomic E-state index is 3.62. The molecule has 1 aliphatic heterocycles. The predicted octanol–water partition coefficient (Wildman–Crippen LogP) is 3.67. The molecule has 1 saturated heterocycles. The summed E-state index contributed by atoms with van der Waals surface area (Å²) in [6.45, 7) is 14.3. The van der Waals surface area contributed by atoms with Gasteiger partial charge >= 0.3 is 0 Å². The lowest BCUT2D eigenvalue weighted by Gasteiger charge is -2.41. The van der Waals surface area contributed by atoms with Gasteiger partial charge in [-0.05, 0) is 50.6 Å². The Bertz CT molecular complexity index is 217. The second kappa shape index (κ2) is 8.16. The molecule has 0 aromatic heterocycles. The molecule has 0 amide bonds. The maximum absolute atomic E-state index is 3.62. The molecule has 0 radical (unpaired) electrons. The molecule has 1 heterocycles. The molecule has 1 fully saturated rings. The highest BCUT2D eigenvalue weighted by atomic mass is 15.2. The van der Waals surface area contributed by atoms with Crippen LogP contribution in [0.1, 0.15) is 66.2 Å². The first kappa shape index (κ1) is 16.0. The Kier molecular flexibility index (Phi) is 7.25. The van der Waals surface area contributed by atoms with Crippen molar-refractivity contribution in [3.8, 4) is 0 Å². The summed E-state index contributed by atoms with van der Waals surface area (Å²) >= 11 is 0. The average molecular weight is 254 g/mol. The van der Waals surface area contributed by atoms with E-state index in [1.54, 1.807) is 0 Å². The Morgan fingerprint density at radius 2 is 2.00 bits per heavy atom. The van der Waals surface area contributed by atoms with E-state index in [1.807, 2.05) is 0 Å². The van der Waals surface area contributed by atoms with Crippen molar-refractivity contribution in [1.29, 1.82) is 0 Å². The summed E-state index contributed by atoms with van der Waals surface area (Å²) in [6.07, 6.45) is 8.09. The van der Waals surface area contributed by atoms with Gasteiger partial charge in [0, 0.05) is 19.1 Å². The monoisotopic (exact) mass is 254 g/mol. The van der Waals surface area contributed by atoms with E-state index >= 15 is 0 Å². The highest BCUT2D eigenvalue weighted by Gasteiger charge is 2.29. The lowest BCUT2D eigenvalue weighted by molar-refractivity contribution is 0.0827. The van der Waals surface area contributed by atoms with Gasteiger partial charge in [-0.1, -0.05) is 34.1 Å². The number of piperidine rings is 1. The zero-order valence-electron chi connectivity index (χ0n) is 13.1. The van der Waals surface area contributed by atoms with Crippen LogP contribution >= 0.6 is 0 Å². The van der Waals surface area contributed by atoms with Crippen molar-refractivity contribution in [2.45, 2.75) is 72.3 Å². The minimum atomic E-state index is 0.444. The van der Waals surface area contributed by atoms with E-state index < -0.39 is 0 Å². The van der Waals surface area contributed by atoms with Crippen molar-refractivity contribution < 1.29 is 0 Å². The third kappa shape index (κ3) is 4.89. The number of nitrogens with one attached hydrogen (secondary N) is 1. The summed E-state index contributed by atoms with van der Waals surface area (Å²) in [6, 6.07) is 0.843. The van der Waals surface area contributed by atoms with E-state index in [0.717, 1.165) is 12.6 Å². The van der Waals surface area contributed by atoms with Crippen LogP contribution in [0.5, 0.6) is 0 Å². The number of hydrogen-bond acceptors (Lipinski definition) is 2. The van der Waals surface area contributed by atoms with Gasteiger partial charge in [-0.3, -0.25) is 4.90 Å². The Labute approximate surface area is 115 Å². The summed E-state index contributed by atoms with van der Waals surface area (Å²) in [7, 11) is 0. The quantitative estimate of drug-likeness (QED) is 0.665. The van der Waals surface area contributed by atoms with Gasteiger partial charge in [-0.15, -0.1) is 0 Å². The van der Waals surface area contributed by atoms with Crippen molar-refractivity contribution in [3.05, 3.63) is 0 Å². The van der Waals surface area contributed by atoms with E-state index in [-0.39, 0.29) is 0 Å². The van der Waals surface area contributed by atoms with Gasteiger partial charge in [0.05, 0.1) is 0 Å². The highest BCUT2D eigenvalue weighted by Crippen LogP contribution is 2.27. The molecule has 0 aliphatic carbocycles. The minimum Gasteiger partial charge on any atom is -0.316 e. The third-order valence-corrected chi connectivity index (χ3v) is 4.64. The molecule has 2 heteroatoms. The average Bonchev–Trinajstić information content (AvgIpc) is 2.40. The molecular formula is C16H34N2. The van der Waals surface area contributed by atoms with Crippen LogP contribution in [-0.4, -0.2) is 37.1 Å². The second-order valence-electron chi connectivity index (χ2n) is 6.37. The number of nitrogens with zero attached hydrogens (tertiary/aromatic N) is 1. The zero-order chi connectivity index (χ0) is 13.4. The normalized spacial score (nSPS) is 25.0. The summed E-state index contributed by atoms with van der Waals surface area (Å²) in [5, 5.41) is 3.62. The highest BCUT2D eigenvalue weighted by molar-refractivity contribution is 4.84. The molecule has 2 nitrogen and oxygen atoms in total. The number of likely N-dealkylation sites (tertiary alicyclic amines) is 1. The molecule has 0 bridgehead atoms. The molecular weight excluding hydrogens is 220 g/mol. The molecule has 2 atom stereocenters. The fraction of sp³-hybridized carbons (Fsp3) is 1.00. The van der Waals surface area contributed by atoms with Crippen LogP contribution in [0.2, 0.25) is 0 Å². The Balaban J connectivity index is 2.48.